The Morgan fingerprint density at radius 3 is 2.61 bits per heavy atom. The standard InChI is InChI=1S/C20H14ClNO5S/c1-25-20(24)17-14(11-2-5-13(21)6-3-11)9-28-19(17)22-18(23)12-4-7-15-16(8-12)27-10-26-15/h2-9H,10H2,1H3,(H,22,23). The van der Waals surface area contributed by atoms with Crippen molar-refractivity contribution in [3.05, 3.63) is 64.0 Å². The number of halogens is 1. The number of nitrogens with one attached hydrogen (secondary N) is 1. The van der Waals surface area contributed by atoms with Crippen molar-refractivity contribution in [1.29, 1.82) is 0 Å². The number of benzene rings is 2. The summed E-state index contributed by atoms with van der Waals surface area (Å²) < 4.78 is 15.5. The van der Waals surface area contributed by atoms with Crippen LogP contribution in [-0.2, 0) is 4.74 Å². The van der Waals surface area contributed by atoms with Gasteiger partial charge < -0.3 is 19.5 Å². The molecule has 0 atom stereocenters. The molecule has 0 fully saturated rings. The third kappa shape index (κ3) is 3.42. The largest absolute Gasteiger partial charge is 0.465 e. The van der Waals surface area contributed by atoms with Gasteiger partial charge in [-0.25, -0.2) is 4.79 Å². The molecule has 142 valence electrons. The zero-order valence-corrected chi connectivity index (χ0v) is 16.2. The minimum atomic E-state index is -0.535. The maximum Gasteiger partial charge on any atom is 0.341 e. The zero-order chi connectivity index (χ0) is 19.7. The Morgan fingerprint density at radius 2 is 1.86 bits per heavy atom. The second kappa shape index (κ2) is 7.53. The summed E-state index contributed by atoms with van der Waals surface area (Å²) in [4.78, 5) is 25.1. The van der Waals surface area contributed by atoms with E-state index in [4.69, 9.17) is 25.8 Å². The van der Waals surface area contributed by atoms with Crippen molar-refractivity contribution < 1.29 is 23.8 Å². The quantitative estimate of drug-likeness (QED) is 0.617. The van der Waals surface area contributed by atoms with Gasteiger partial charge in [0.2, 0.25) is 6.79 Å². The highest BCUT2D eigenvalue weighted by atomic mass is 35.5. The van der Waals surface area contributed by atoms with Crippen molar-refractivity contribution >= 4 is 39.8 Å². The van der Waals surface area contributed by atoms with Gasteiger partial charge in [0.1, 0.15) is 10.6 Å². The molecule has 1 amide bonds. The molecule has 8 heteroatoms. The molecule has 3 aromatic rings. The van der Waals surface area contributed by atoms with Crippen molar-refractivity contribution in [2.24, 2.45) is 0 Å². The molecule has 1 aliphatic heterocycles. The maximum atomic E-state index is 12.7. The van der Waals surface area contributed by atoms with Crippen LogP contribution >= 0.6 is 22.9 Å². The molecule has 0 bridgehead atoms. The van der Waals surface area contributed by atoms with Gasteiger partial charge in [0.05, 0.1) is 7.11 Å². The summed E-state index contributed by atoms with van der Waals surface area (Å²) in [7, 11) is 1.30. The molecule has 1 aliphatic rings. The van der Waals surface area contributed by atoms with E-state index in [0.717, 1.165) is 5.56 Å². The predicted octanol–water partition coefficient (Wildman–Crippen LogP) is 4.84. The summed E-state index contributed by atoms with van der Waals surface area (Å²) in [6.07, 6.45) is 0. The Bertz CT molecular complexity index is 1060. The Kier molecular flexibility index (Phi) is 4.93. The molecular formula is C20H14ClNO5S. The van der Waals surface area contributed by atoms with E-state index in [9.17, 15) is 9.59 Å². The molecule has 28 heavy (non-hydrogen) atoms. The van der Waals surface area contributed by atoms with Crippen LogP contribution in [-0.4, -0.2) is 25.8 Å². The molecule has 1 N–H and O–H groups in total. The number of amides is 1. The van der Waals surface area contributed by atoms with E-state index in [1.54, 1.807) is 47.8 Å². The van der Waals surface area contributed by atoms with E-state index in [2.05, 4.69) is 5.32 Å². The van der Waals surface area contributed by atoms with Crippen LogP contribution in [0.5, 0.6) is 11.5 Å². The van der Waals surface area contributed by atoms with E-state index in [1.165, 1.54) is 18.4 Å². The first-order valence-electron chi connectivity index (χ1n) is 8.23. The van der Waals surface area contributed by atoms with Crippen LogP contribution in [0.3, 0.4) is 0 Å². The number of methoxy groups -OCH3 is 1. The molecule has 1 aromatic heterocycles. The molecule has 2 aromatic carbocycles. The Hall–Kier alpha value is -3.03. The first kappa shape index (κ1) is 18.3. The first-order chi connectivity index (χ1) is 13.6. The molecule has 0 radical (unpaired) electrons. The van der Waals surface area contributed by atoms with Gasteiger partial charge in [0.15, 0.2) is 11.5 Å². The van der Waals surface area contributed by atoms with E-state index >= 15 is 0 Å². The Morgan fingerprint density at radius 1 is 1.11 bits per heavy atom. The SMILES string of the molecule is COC(=O)c1c(-c2ccc(Cl)cc2)csc1NC(=O)c1ccc2c(c1)OCO2. The van der Waals surface area contributed by atoms with Gasteiger partial charge in [0.25, 0.3) is 5.91 Å². The number of fused-ring (bicyclic) bond motifs is 1. The highest BCUT2D eigenvalue weighted by Gasteiger charge is 2.23. The van der Waals surface area contributed by atoms with Crippen molar-refractivity contribution in [3.63, 3.8) is 0 Å². The van der Waals surface area contributed by atoms with E-state index in [-0.39, 0.29) is 12.7 Å². The third-order valence-electron chi connectivity index (χ3n) is 4.20. The fourth-order valence-corrected chi connectivity index (χ4v) is 3.89. The summed E-state index contributed by atoms with van der Waals surface area (Å²) in [6.45, 7) is 0.127. The van der Waals surface area contributed by atoms with E-state index in [1.807, 2.05) is 0 Å². The van der Waals surface area contributed by atoms with Crippen LogP contribution in [0.15, 0.2) is 47.8 Å². The first-order valence-corrected chi connectivity index (χ1v) is 9.49. The van der Waals surface area contributed by atoms with Crippen LogP contribution in [0.1, 0.15) is 20.7 Å². The molecule has 0 saturated heterocycles. The van der Waals surface area contributed by atoms with Crippen LogP contribution < -0.4 is 14.8 Å². The predicted molar refractivity (Wildman–Crippen MR) is 107 cm³/mol. The number of carbonyl (C=O) groups excluding carboxylic acids is 2. The fourth-order valence-electron chi connectivity index (χ4n) is 2.81. The number of carbonyl (C=O) groups is 2. The summed E-state index contributed by atoms with van der Waals surface area (Å²) in [5, 5.41) is 5.58. The van der Waals surface area contributed by atoms with Crippen LogP contribution in [0.25, 0.3) is 11.1 Å². The number of thiophene rings is 1. The lowest BCUT2D eigenvalue weighted by Gasteiger charge is -2.08. The summed E-state index contributed by atoms with van der Waals surface area (Å²) >= 11 is 7.19. The number of esters is 1. The molecule has 2 heterocycles. The van der Waals surface area contributed by atoms with Crippen molar-refractivity contribution in [2.75, 3.05) is 19.2 Å². The number of rotatable bonds is 4. The van der Waals surface area contributed by atoms with Gasteiger partial charge in [-0.3, -0.25) is 4.79 Å². The van der Waals surface area contributed by atoms with Crippen LogP contribution in [0.4, 0.5) is 5.00 Å². The van der Waals surface area contributed by atoms with Gasteiger partial charge in [0, 0.05) is 21.5 Å². The van der Waals surface area contributed by atoms with Crippen molar-refractivity contribution in [2.45, 2.75) is 0 Å². The third-order valence-corrected chi connectivity index (χ3v) is 5.35. The highest BCUT2D eigenvalue weighted by molar-refractivity contribution is 7.15. The van der Waals surface area contributed by atoms with Gasteiger partial charge in [-0.2, -0.15) is 0 Å². The van der Waals surface area contributed by atoms with Gasteiger partial charge in [-0.15, -0.1) is 11.3 Å². The molecule has 0 unspecified atom stereocenters. The summed E-state index contributed by atoms with van der Waals surface area (Å²) in [6, 6.07) is 12.0. The number of hydrogen-bond acceptors (Lipinski definition) is 6. The Balaban J connectivity index is 1.66. The fraction of sp³-hybridized carbons (Fsp3) is 0.100. The van der Waals surface area contributed by atoms with Gasteiger partial charge in [-0.1, -0.05) is 23.7 Å². The van der Waals surface area contributed by atoms with Gasteiger partial charge >= 0.3 is 5.97 Å². The average Bonchev–Trinajstić information content (AvgIpc) is 3.34. The maximum absolute atomic E-state index is 12.7. The number of ether oxygens (including phenoxy) is 3. The van der Waals surface area contributed by atoms with Crippen molar-refractivity contribution in [1.82, 2.24) is 0 Å². The lowest BCUT2D eigenvalue weighted by atomic mass is 10.0. The molecule has 0 saturated carbocycles. The van der Waals surface area contributed by atoms with E-state index < -0.39 is 5.97 Å². The minimum Gasteiger partial charge on any atom is -0.465 e. The van der Waals surface area contributed by atoms with E-state index in [0.29, 0.717) is 38.2 Å². The lowest BCUT2D eigenvalue weighted by Crippen LogP contribution is -2.14. The summed E-state index contributed by atoms with van der Waals surface area (Å²) in [5.74, 6) is 0.196. The number of hydrogen-bond donors (Lipinski definition) is 1. The monoisotopic (exact) mass is 415 g/mol. The molecular weight excluding hydrogens is 402 g/mol. The molecule has 6 nitrogen and oxygen atoms in total. The van der Waals surface area contributed by atoms with Gasteiger partial charge in [-0.05, 0) is 35.9 Å². The Labute approximate surface area is 169 Å². The number of anilines is 1. The normalized spacial score (nSPS) is 11.9. The average molecular weight is 416 g/mol. The van der Waals surface area contributed by atoms with Crippen LogP contribution in [0.2, 0.25) is 5.02 Å². The summed E-state index contributed by atoms with van der Waals surface area (Å²) in [5.41, 5.74) is 2.14. The van der Waals surface area contributed by atoms with Crippen molar-refractivity contribution in [3.8, 4) is 22.6 Å². The second-order valence-electron chi connectivity index (χ2n) is 5.87. The molecule has 0 spiro atoms. The zero-order valence-electron chi connectivity index (χ0n) is 14.7. The molecule has 0 aliphatic carbocycles. The topological polar surface area (TPSA) is 73.9 Å². The van der Waals surface area contributed by atoms with Crippen LogP contribution in [0, 0.1) is 0 Å². The molecule has 4 rings (SSSR count). The second-order valence-corrected chi connectivity index (χ2v) is 7.19. The lowest BCUT2D eigenvalue weighted by molar-refractivity contribution is 0.0603. The highest BCUT2D eigenvalue weighted by Crippen LogP contribution is 2.37. The smallest absolute Gasteiger partial charge is 0.341 e. The minimum absolute atomic E-state index is 0.127.